The molecular formula is C15H14FNO. The third kappa shape index (κ3) is 2.62. The van der Waals surface area contributed by atoms with Crippen LogP contribution in [0.15, 0.2) is 36.4 Å². The lowest BCUT2D eigenvalue weighted by Crippen LogP contribution is -2.08. The first-order valence-corrected chi connectivity index (χ1v) is 5.79. The lowest BCUT2D eigenvalue weighted by atomic mass is 10.0. The Hall–Kier alpha value is -2.03. The van der Waals surface area contributed by atoms with Gasteiger partial charge in [0.25, 0.3) is 0 Å². The van der Waals surface area contributed by atoms with E-state index >= 15 is 0 Å². The van der Waals surface area contributed by atoms with E-state index in [-0.39, 0.29) is 18.0 Å². The minimum Gasteiger partial charge on any atom is -0.294 e. The topological polar surface area (TPSA) is 30.0 Å². The van der Waals surface area contributed by atoms with Crippen LogP contribution in [-0.4, -0.2) is 10.8 Å². The lowest BCUT2D eigenvalue weighted by molar-refractivity contribution is 0.0991. The summed E-state index contributed by atoms with van der Waals surface area (Å²) in [5.74, 6) is -0.450. The summed E-state index contributed by atoms with van der Waals surface area (Å²) in [4.78, 5) is 16.3. The average molecular weight is 243 g/mol. The number of carbonyl (C=O) groups is 1. The fraction of sp³-hybridized carbons (Fsp3) is 0.200. The molecule has 0 aliphatic rings. The number of hydrogen-bond acceptors (Lipinski definition) is 2. The van der Waals surface area contributed by atoms with Crippen molar-refractivity contribution in [1.82, 2.24) is 4.98 Å². The van der Waals surface area contributed by atoms with E-state index in [2.05, 4.69) is 4.98 Å². The average Bonchev–Trinajstić information content (AvgIpc) is 2.32. The van der Waals surface area contributed by atoms with Gasteiger partial charge >= 0.3 is 0 Å². The zero-order chi connectivity index (χ0) is 13.1. The Balaban J connectivity index is 2.25. The van der Waals surface area contributed by atoms with Gasteiger partial charge in [0, 0.05) is 23.4 Å². The molecule has 0 unspecified atom stereocenters. The van der Waals surface area contributed by atoms with Gasteiger partial charge < -0.3 is 0 Å². The van der Waals surface area contributed by atoms with Crippen LogP contribution in [0.25, 0.3) is 0 Å². The standard InChI is InChI=1S/C15H14FNO/c1-10-7-8-13(11(2)17-10)15(18)9-12-5-3-4-6-14(12)16/h3-8H,9H2,1-2H3. The van der Waals surface area contributed by atoms with Crippen molar-refractivity contribution in [2.45, 2.75) is 20.3 Å². The molecule has 18 heavy (non-hydrogen) atoms. The highest BCUT2D eigenvalue weighted by Crippen LogP contribution is 2.13. The molecule has 1 aromatic heterocycles. The first-order chi connectivity index (χ1) is 8.58. The van der Waals surface area contributed by atoms with Crippen molar-refractivity contribution < 1.29 is 9.18 Å². The quantitative estimate of drug-likeness (QED) is 0.774. The molecule has 92 valence electrons. The molecular weight excluding hydrogens is 229 g/mol. The number of aromatic nitrogens is 1. The van der Waals surface area contributed by atoms with Gasteiger partial charge in [-0.1, -0.05) is 18.2 Å². The van der Waals surface area contributed by atoms with Gasteiger partial charge in [-0.3, -0.25) is 9.78 Å². The van der Waals surface area contributed by atoms with Gasteiger partial charge in [0.1, 0.15) is 5.82 Å². The summed E-state index contributed by atoms with van der Waals surface area (Å²) >= 11 is 0. The molecule has 0 atom stereocenters. The summed E-state index contributed by atoms with van der Waals surface area (Å²) in [5, 5.41) is 0. The number of ketones is 1. The normalized spacial score (nSPS) is 10.4. The van der Waals surface area contributed by atoms with E-state index < -0.39 is 0 Å². The van der Waals surface area contributed by atoms with Gasteiger partial charge in [-0.15, -0.1) is 0 Å². The number of carbonyl (C=O) groups excluding carboxylic acids is 1. The Labute approximate surface area is 105 Å². The molecule has 3 heteroatoms. The van der Waals surface area contributed by atoms with Gasteiger partial charge in [-0.05, 0) is 37.6 Å². The number of benzene rings is 1. The largest absolute Gasteiger partial charge is 0.294 e. The molecule has 0 saturated heterocycles. The van der Waals surface area contributed by atoms with Crippen LogP contribution in [-0.2, 0) is 6.42 Å². The van der Waals surface area contributed by atoms with E-state index in [1.165, 1.54) is 6.07 Å². The minimum atomic E-state index is -0.344. The first-order valence-electron chi connectivity index (χ1n) is 5.79. The molecule has 1 heterocycles. The van der Waals surface area contributed by atoms with Crippen LogP contribution in [0, 0.1) is 19.7 Å². The van der Waals surface area contributed by atoms with E-state index in [0.717, 1.165) is 5.69 Å². The highest BCUT2D eigenvalue weighted by molar-refractivity contribution is 5.98. The molecule has 0 radical (unpaired) electrons. The highest BCUT2D eigenvalue weighted by Gasteiger charge is 2.12. The molecule has 0 bridgehead atoms. The monoisotopic (exact) mass is 243 g/mol. The second-order valence-electron chi connectivity index (χ2n) is 4.28. The molecule has 2 rings (SSSR count). The minimum absolute atomic E-state index is 0.0677. The molecule has 2 aromatic rings. The maximum absolute atomic E-state index is 13.5. The first kappa shape index (κ1) is 12.4. The lowest BCUT2D eigenvalue weighted by Gasteiger charge is -2.06. The molecule has 0 spiro atoms. The Kier molecular flexibility index (Phi) is 3.51. The molecule has 0 aliphatic carbocycles. The number of rotatable bonds is 3. The van der Waals surface area contributed by atoms with Gasteiger partial charge in [-0.2, -0.15) is 0 Å². The van der Waals surface area contributed by atoms with Crippen LogP contribution in [0.2, 0.25) is 0 Å². The van der Waals surface area contributed by atoms with Gasteiger partial charge in [-0.25, -0.2) is 4.39 Å². The maximum atomic E-state index is 13.5. The second-order valence-corrected chi connectivity index (χ2v) is 4.28. The van der Waals surface area contributed by atoms with Crippen molar-refractivity contribution in [3.63, 3.8) is 0 Å². The zero-order valence-electron chi connectivity index (χ0n) is 10.4. The summed E-state index contributed by atoms with van der Waals surface area (Å²) in [6, 6.07) is 9.88. The van der Waals surface area contributed by atoms with Crippen molar-refractivity contribution in [2.24, 2.45) is 0 Å². The van der Waals surface area contributed by atoms with Crippen molar-refractivity contribution in [1.29, 1.82) is 0 Å². The van der Waals surface area contributed by atoms with Crippen LogP contribution in [0.5, 0.6) is 0 Å². The summed E-state index contributed by atoms with van der Waals surface area (Å²) in [6.07, 6.45) is 0.0677. The maximum Gasteiger partial charge on any atom is 0.169 e. The Morgan fingerprint density at radius 3 is 2.56 bits per heavy atom. The SMILES string of the molecule is Cc1ccc(C(=O)Cc2ccccc2F)c(C)n1. The van der Waals surface area contributed by atoms with E-state index in [1.54, 1.807) is 37.3 Å². The van der Waals surface area contributed by atoms with Crippen LogP contribution in [0.1, 0.15) is 27.3 Å². The Morgan fingerprint density at radius 1 is 1.17 bits per heavy atom. The van der Waals surface area contributed by atoms with Crippen molar-refractivity contribution >= 4 is 5.78 Å². The number of halogens is 1. The number of pyridine rings is 1. The molecule has 0 amide bonds. The van der Waals surface area contributed by atoms with E-state index in [4.69, 9.17) is 0 Å². The van der Waals surface area contributed by atoms with Crippen LogP contribution >= 0.6 is 0 Å². The van der Waals surface area contributed by atoms with E-state index in [9.17, 15) is 9.18 Å². The van der Waals surface area contributed by atoms with Gasteiger partial charge in [0.05, 0.1) is 0 Å². The molecule has 2 nitrogen and oxygen atoms in total. The summed E-state index contributed by atoms with van der Waals surface area (Å²) < 4.78 is 13.5. The van der Waals surface area contributed by atoms with E-state index in [0.29, 0.717) is 16.8 Å². The predicted octanol–water partition coefficient (Wildman–Crippen LogP) is 3.26. The van der Waals surface area contributed by atoms with Gasteiger partial charge in [0.2, 0.25) is 0 Å². The zero-order valence-corrected chi connectivity index (χ0v) is 10.4. The van der Waals surface area contributed by atoms with Crippen molar-refractivity contribution in [3.8, 4) is 0 Å². The second kappa shape index (κ2) is 5.08. The molecule has 1 aromatic carbocycles. The summed E-state index contributed by atoms with van der Waals surface area (Å²) in [6.45, 7) is 3.67. The van der Waals surface area contributed by atoms with Gasteiger partial charge in [0.15, 0.2) is 5.78 Å². The van der Waals surface area contributed by atoms with E-state index in [1.807, 2.05) is 6.92 Å². The summed E-state index contributed by atoms with van der Waals surface area (Å²) in [7, 11) is 0. The number of nitrogens with zero attached hydrogens (tertiary/aromatic N) is 1. The fourth-order valence-corrected chi connectivity index (χ4v) is 1.89. The third-order valence-corrected chi connectivity index (χ3v) is 2.83. The molecule has 0 N–H and O–H groups in total. The Bertz CT molecular complexity index is 593. The third-order valence-electron chi connectivity index (χ3n) is 2.83. The fourth-order valence-electron chi connectivity index (χ4n) is 1.89. The molecule has 0 fully saturated rings. The van der Waals surface area contributed by atoms with Crippen LogP contribution in [0.4, 0.5) is 4.39 Å². The van der Waals surface area contributed by atoms with Crippen LogP contribution < -0.4 is 0 Å². The number of Topliss-reactive ketones (excluding diaryl/α,β-unsaturated/α-hetero) is 1. The number of hydrogen-bond donors (Lipinski definition) is 0. The summed E-state index contributed by atoms with van der Waals surface area (Å²) in [5.41, 5.74) is 2.54. The number of aryl methyl sites for hydroxylation is 2. The van der Waals surface area contributed by atoms with Crippen molar-refractivity contribution in [3.05, 3.63) is 64.7 Å². The predicted molar refractivity (Wildman–Crippen MR) is 68.1 cm³/mol. The van der Waals surface area contributed by atoms with Crippen LogP contribution in [0.3, 0.4) is 0 Å². The molecule has 0 saturated carbocycles. The smallest absolute Gasteiger partial charge is 0.169 e. The van der Waals surface area contributed by atoms with Crippen molar-refractivity contribution in [2.75, 3.05) is 0 Å². The molecule has 0 aliphatic heterocycles. The highest BCUT2D eigenvalue weighted by atomic mass is 19.1. The Morgan fingerprint density at radius 2 is 1.89 bits per heavy atom.